The molecular weight excluding hydrogens is 226 g/mol. The van der Waals surface area contributed by atoms with E-state index in [1.54, 1.807) is 7.11 Å². The van der Waals surface area contributed by atoms with Crippen LogP contribution in [0, 0.1) is 0 Å². The molecule has 1 rings (SSSR count). The van der Waals surface area contributed by atoms with Gasteiger partial charge in [0.1, 0.15) is 0 Å². The van der Waals surface area contributed by atoms with E-state index in [9.17, 15) is 0 Å². The monoisotopic (exact) mass is 255 g/mol. The first kappa shape index (κ1) is 15.3. The van der Waals surface area contributed by atoms with Crippen molar-refractivity contribution in [2.75, 3.05) is 20.3 Å². The lowest BCUT2D eigenvalue weighted by Crippen LogP contribution is -2.46. The third kappa shape index (κ3) is 4.48. The molecule has 2 N–H and O–H groups in total. The second-order valence-corrected chi connectivity index (χ2v) is 5.08. The number of nitrogens with zero attached hydrogens (tertiary/aromatic N) is 2. The summed E-state index contributed by atoms with van der Waals surface area (Å²) in [7, 11) is 1.73. The van der Waals surface area contributed by atoms with E-state index < -0.39 is 0 Å². The van der Waals surface area contributed by atoms with Gasteiger partial charge in [0.05, 0.1) is 12.6 Å². The van der Waals surface area contributed by atoms with E-state index in [0.29, 0.717) is 24.7 Å². The van der Waals surface area contributed by atoms with Crippen LogP contribution in [0.2, 0.25) is 0 Å². The molecule has 0 saturated heterocycles. The molecule has 0 heterocycles. The number of guanidine groups is 1. The summed E-state index contributed by atoms with van der Waals surface area (Å²) in [6.45, 7) is 5.95. The maximum atomic E-state index is 6.21. The molecule has 1 aliphatic carbocycles. The maximum Gasteiger partial charge on any atom is 0.191 e. The molecule has 0 aromatic heterocycles. The van der Waals surface area contributed by atoms with Crippen LogP contribution in [0.25, 0.3) is 0 Å². The van der Waals surface area contributed by atoms with Gasteiger partial charge in [-0.25, -0.2) is 4.99 Å². The summed E-state index contributed by atoms with van der Waals surface area (Å²) in [5.74, 6) is 0.715. The van der Waals surface area contributed by atoms with Gasteiger partial charge >= 0.3 is 0 Å². The van der Waals surface area contributed by atoms with Crippen LogP contribution in [0.4, 0.5) is 0 Å². The highest BCUT2D eigenvalue weighted by Crippen LogP contribution is 2.21. The highest BCUT2D eigenvalue weighted by Gasteiger charge is 2.20. The van der Waals surface area contributed by atoms with E-state index >= 15 is 0 Å². The predicted octanol–water partition coefficient (Wildman–Crippen LogP) is 2.38. The Morgan fingerprint density at radius 2 is 1.94 bits per heavy atom. The summed E-state index contributed by atoms with van der Waals surface area (Å²) in [6.07, 6.45) is 7.18. The zero-order valence-corrected chi connectivity index (χ0v) is 12.2. The summed E-state index contributed by atoms with van der Waals surface area (Å²) in [4.78, 5) is 6.93. The predicted molar refractivity (Wildman–Crippen MR) is 76.8 cm³/mol. The summed E-state index contributed by atoms with van der Waals surface area (Å²) < 4.78 is 5.18. The molecule has 4 nitrogen and oxygen atoms in total. The number of hydrogen-bond donors (Lipinski definition) is 1. The maximum absolute atomic E-state index is 6.21. The quantitative estimate of drug-likeness (QED) is 0.561. The Morgan fingerprint density at radius 1 is 1.33 bits per heavy atom. The molecule has 106 valence electrons. The average molecular weight is 255 g/mol. The van der Waals surface area contributed by atoms with Crippen molar-refractivity contribution < 1.29 is 4.74 Å². The van der Waals surface area contributed by atoms with Gasteiger partial charge in [0.15, 0.2) is 5.96 Å². The molecule has 0 amide bonds. The molecule has 0 bridgehead atoms. The van der Waals surface area contributed by atoms with Crippen LogP contribution < -0.4 is 5.73 Å². The van der Waals surface area contributed by atoms with Gasteiger partial charge in [-0.3, -0.25) is 0 Å². The molecule has 0 aromatic rings. The van der Waals surface area contributed by atoms with Crippen molar-refractivity contribution in [2.24, 2.45) is 10.7 Å². The molecule has 1 saturated carbocycles. The molecule has 0 radical (unpaired) electrons. The zero-order valence-electron chi connectivity index (χ0n) is 12.2. The fraction of sp³-hybridized carbons (Fsp3) is 0.929. The average Bonchev–Trinajstić information content (AvgIpc) is 2.87. The fourth-order valence-electron chi connectivity index (χ4n) is 2.70. The molecule has 0 aliphatic heterocycles. The highest BCUT2D eigenvalue weighted by atomic mass is 16.5. The minimum atomic E-state index is 0.449. The molecule has 0 spiro atoms. The molecule has 1 aliphatic rings. The largest absolute Gasteiger partial charge is 0.383 e. The van der Waals surface area contributed by atoms with Crippen LogP contribution in [0.1, 0.15) is 52.4 Å². The number of rotatable bonds is 7. The van der Waals surface area contributed by atoms with Crippen molar-refractivity contribution in [3.05, 3.63) is 0 Å². The smallest absolute Gasteiger partial charge is 0.191 e. The second-order valence-electron chi connectivity index (χ2n) is 5.08. The Kier molecular flexibility index (Phi) is 7.09. The fourth-order valence-corrected chi connectivity index (χ4v) is 2.70. The Morgan fingerprint density at radius 3 is 2.44 bits per heavy atom. The SMILES string of the molecule is CCC(CC)N(CCOC)C(N)=NC1CCCC1. The van der Waals surface area contributed by atoms with Crippen molar-refractivity contribution >= 4 is 5.96 Å². The minimum absolute atomic E-state index is 0.449. The van der Waals surface area contributed by atoms with Crippen molar-refractivity contribution in [1.82, 2.24) is 4.90 Å². The van der Waals surface area contributed by atoms with Crippen LogP contribution >= 0.6 is 0 Å². The van der Waals surface area contributed by atoms with Gasteiger partial charge in [-0.05, 0) is 25.7 Å². The first-order valence-corrected chi connectivity index (χ1v) is 7.31. The Balaban J connectivity index is 2.66. The number of methoxy groups -OCH3 is 1. The molecule has 18 heavy (non-hydrogen) atoms. The molecule has 0 aromatic carbocycles. The van der Waals surface area contributed by atoms with E-state index in [1.807, 2.05) is 0 Å². The van der Waals surface area contributed by atoms with E-state index in [1.165, 1.54) is 25.7 Å². The minimum Gasteiger partial charge on any atom is -0.383 e. The Labute approximate surface area is 112 Å². The van der Waals surface area contributed by atoms with Crippen LogP contribution in [-0.2, 0) is 4.74 Å². The van der Waals surface area contributed by atoms with Gasteiger partial charge in [0, 0.05) is 19.7 Å². The van der Waals surface area contributed by atoms with Gasteiger partial charge in [-0.15, -0.1) is 0 Å². The molecule has 4 heteroatoms. The molecule has 0 atom stereocenters. The van der Waals surface area contributed by atoms with Gasteiger partial charge in [-0.1, -0.05) is 26.7 Å². The Hall–Kier alpha value is -0.770. The summed E-state index contributed by atoms with van der Waals surface area (Å²) in [5, 5.41) is 0. The highest BCUT2D eigenvalue weighted by molar-refractivity contribution is 5.78. The van der Waals surface area contributed by atoms with Gasteiger partial charge in [0.25, 0.3) is 0 Å². The van der Waals surface area contributed by atoms with Crippen LogP contribution in [-0.4, -0.2) is 43.2 Å². The zero-order chi connectivity index (χ0) is 13.4. The van der Waals surface area contributed by atoms with E-state index in [-0.39, 0.29) is 0 Å². The summed E-state index contributed by atoms with van der Waals surface area (Å²) in [6, 6.07) is 0.926. The topological polar surface area (TPSA) is 50.9 Å². The molecule has 1 fully saturated rings. The van der Waals surface area contributed by atoms with Crippen molar-refractivity contribution in [2.45, 2.75) is 64.5 Å². The number of nitrogens with two attached hydrogens (primary N) is 1. The first-order valence-electron chi connectivity index (χ1n) is 7.31. The lowest BCUT2D eigenvalue weighted by atomic mass is 10.1. The number of hydrogen-bond acceptors (Lipinski definition) is 2. The van der Waals surface area contributed by atoms with Crippen molar-refractivity contribution in [3.63, 3.8) is 0 Å². The van der Waals surface area contributed by atoms with Crippen molar-refractivity contribution in [1.29, 1.82) is 0 Å². The van der Waals surface area contributed by atoms with Crippen LogP contribution in [0.5, 0.6) is 0 Å². The van der Waals surface area contributed by atoms with Crippen LogP contribution in [0.15, 0.2) is 4.99 Å². The van der Waals surface area contributed by atoms with E-state index in [2.05, 4.69) is 18.7 Å². The third-order valence-electron chi connectivity index (χ3n) is 3.85. The Bertz CT molecular complexity index is 245. The van der Waals surface area contributed by atoms with E-state index in [4.69, 9.17) is 15.5 Å². The van der Waals surface area contributed by atoms with Crippen molar-refractivity contribution in [3.8, 4) is 0 Å². The van der Waals surface area contributed by atoms with Gasteiger partial charge in [-0.2, -0.15) is 0 Å². The number of ether oxygens (including phenoxy) is 1. The van der Waals surface area contributed by atoms with Gasteiger partial charge in [0.2, 0.25) is 0 Å². The second kappa shape index (κ2) is 8.35. The lowest BCUT2D eigenvalue weighted by Gasteiger charge is -2.31. The molecule has 0 unspecified atom stereocenters. The third-order valence-corrected chi connectivity index (χ3v) is 3.85. The molecular formula is C14H29N3O. The van der Waals surface area contributed by atoms with E-state index in [0.717, 1.165) is 19.4 Å². The van der Waals surface area contributed by atoms with Gasteiger partial charge < -0.3 is 15.4 Å². The number of aliphatic imine (C=N–C) groups is 1. The summed E-state index contributed by atoms with van der Waals surface area (Å²) in [5.41, 5.74) is 6.21. The van der Waals surface area contributed by atoms with Crippen LogP contribution in [0.3, 0.4) is 0 Å². The standard InChI is InChI=1S/C14H29N3O/c1-4-13(5-2)17(10-11-18-3)14(15)16-12-8-6-7-9-12/h12-13H,4-11H2,1-3H3,(H2,15,16). The lowest BCUT2D eigenvalue weighted by molar-refractivity contribution is 0.157. The normalized spacial score (nSPS) is 17.7. The first-order chi connectivity index (χ1) is 8.72. The summed E-state index contributed by atoms with van der Waals surface area (Å²) >= 11 is 0.